The first-order valence-electron chi connectivity index (χ1n) is 5.07. The number of hydrogen-bond acceptors (Lipinski definition) is 3. The van der Waals surface area contributed by atoms with Crippen LogP contribution in [-0.2, 0) is 0 Å². The lowest BCUT2D eigenvalue weighted by Gasteiger charge is -2.08. The van der Waals surface area contributed by atoms with Gasteiger partial charge in [0.25, 0.3) is 5.91 Å². The van der Waals surface area contributed by atoms with E-state index in [1.54, 1.807) is 0 Å². The molecule has 4 nitrogen and oxygen atoms in total. The van der Waals surface area contributed by atoms with Crippen LogP contribution in [0.2, 0.25) is 15.1 Å². The lowest BCUT2D eigenvalue weighted by atomic mass is 10.2. The van der Waals surface area contributed by atoms with Gasteiger partial charge in [-0.05, 0) is 18.2 Å². The first-order valence-corrected chi connectivity index (χ1v) is 6.20. The predicted octanol–water partition coefficient (Wildman–Crippen LogP) is 4.00. The topological polar surface area (TPSA) is 62.2 Å². The number of pyridine rings is 1. The van der Waals surface area contributed by atoms with Crippen molar-refractivity contribution in [2.45, 2.75) is 0 Å². The molecule has 1 aromatic heterocycles. The molecule has 0 fully saturated rings. The molecule has 2 rings (SSSR count). The minimum atomic E-state index is -0.469. The highest BCUT2D eigenvalue weighted by Gasteiger charge is 2.11. The van der Waals surface area contributed by atoms with Crippen molar-refractivity contribution in [1.29, 1.82) is 0 Å². The Balaban J connectivity index is 2.27. The van der Waals surface area contributed by atoms with Crippen molar-refractivity contribution in [3.8, 4) is 5.75 Å². The standard InChI is InChI=1S/C12H7Cl3N2O2/c13-8-2-10(15)11(3-9(8)14)17-12(19)6-1-7(18)5-16-4-6/h1-5,18H,(H,17,19). The fourth-order valence-electron chi connectivity index (χ4n) is 1.36. The van der Waals surface area contributed by atoms with Gasteiger partial charge < -0.3 is 10.4 Å². The van der Waals surface area contributed by atoms with Crippen LogP contribution in [0.1, 0.15) is 10.4 Å². The molecule has 0 aliphatic carbocycles. The third-order valence-corrected chi connectivity index (χ3v) is 3.28. The van der Waals surface area contributed by atoms with Crippen LogP contribution in [0, 0.1) is 0 Å². The average Bonchev–Trinajstić information content (AvgIpc) is 2.36. The molecule has 1 amide bonds. The predicted molar refractivity (Wildman–Crippen MR) is 75.3 cm³/mol. The molecular formula is C12H7Cl3N2O2. The molecule has 0 atom stereocenters. The van der Waals surface area contributed by atoms with E-state index in [-0.39, 0.29) is 21.4 Å². The zero-order valence-corrected chi connectivity index (χ0v) is 11.6. The Morgan fingerprint density at radius 2 is 1.74 bits per heavy atom. The highest BCUT2D eigenvalue weighted by atomic mass is 35.5. The molecule has 0 saturated carbocycles. The van der Waals surface area contributed by atoms with Gasteiger partial charge in [-0.3, -0.25) is 9.78 Å². The molecule has 0 saturated heterocycles. The number of hydrogen-bond donors (Lipinski definition) is 2. The third kappa shape index (κ3) is 3.29. The summed E-state index contributed by atoms with van der Waals surface area (Å²) in [5.41, 5.74) is 0.520. The van der Waals surface area contributed by atoms with Crippen molar-refractivity contribution in [2.24, 2.45) is 0 Å². The van der Waals surface area contributed by atoms with Crippen LogP contribution < -0.4 is 5.32 Å². The average molecular weight is 318 g/mol. The first kappa shape index (κ1) is 13.9. The van der Waals surface area contributed by atoms with E-state index in [4.69, 9.17) is 34.8 Å². The first-order chi connectivity index (χ1) is 8.97. The van der Waals surface area contributed by atoms with Gasteiger partial charge in [-0.15, -0.1) is 0 Å². The van der Waals surface area contributed by atoms with Gasteiger partial charge >= 0.3 is 0 Å². The van der Waals surface area contributed by atoms with Crippen LogP contribution in [0.25, 0.3) is 0 Å². The van der Waals surface area contributed by atoms with E-state index in [9.17, 15) is 9.90 Å². The molecule has 2 aromatic rings. The molecule has 0 aliphatic heterocycles. The second-order valence-electron chi connectivity index (χ2n) is 3.63. The van der Waals surface area contributed by atoms with E-state index < -0.39 is 5.91 Å². The van der Waals surface area contributed by atoms with Crippen LogP contribution in [-0.4, -0.2) is 16.0 Å². The molecule has 0 unspecified atom stereocenters. The lowest BCUT2D eigenvalue weighted by Crippen LogP contribution is -2.12. The maximum absolute atomic E-state index is 11.9. The number of anilines is 1. The van der Waals surface area contributed by atoms with Gasteiger partial charge in [-0.1, -0.05) is 34.8 Å². The molecule has 0 radical (unpaired) electrons. The number of nitrogens with one attached hydrogen (secondary N) is 1. The molecule has 98 valence electrons. The highest BCUT2D eigenvalue weighted by Crippen LogP contribution is 2.32. The van der Waals surface area contributed by atoms with Gasteiger partial charge in [0.1, 0.15) is 5.75 Å². The molecule has 0 bridgehead atoms. The molecule has 1 heterocycles. The van der Waals surface area contributed by atoms with E-state index in [1.165, 1.54) is 30.6 Å². The van der Waals surface area contributed by atoms with Gasteiger partial charge in [-0.25, -0.2) is 0 Å². The molecule has 0 spiro atoms. The summed E-state index contributed by atoms with van der Waals surface area (Å²) in [6.07, 6.45) is 2.55. The van der Waals surface area contributed by atoms with E-state index >= 15 is 0 Å². The number of aromatic nitrogens is 1. The fourth-order valence-corrected chi connectivity index (χ4v) is 1.96. The zero-order valence-electron chi connectivity index (χ0n) is 9.32. The van der Waals surface area contributed by atoms with Crippen molar-refractivity contribution >= 4 is 46.4 Å². The van der Waals surface area contributed by atoms with Gasteiger partial charge in [0.2, 0.25) is 0 Å². The second-order valence-corrected chi connectivity index (χ2v) is 4.85. The maximum Gasteiger partial charge on any atom is 0.257 e. The Bertz CT molecular complexity index is 647. The van der Waals surface area contributed by atoms with Crippen LogP contribution in [0.3, 0.4) is 0 Å². The summed E-state index contributed by atoms with van der Waals surface area (Å²) >= 11 is 17.6. The molecule has 7 heteroatoms. The zero-order chi connectivity index (χ0) is 14.0. The number of halogens is 3. The SMILES string of the molecule is O=C(Nc1cc(Cl)c(Cl)cc1Cl)c1cncc(O)c1. The quantitative estimate of drug-likeness (QED) is 0.823. The Hall–Kier alpha value is -1.49. The molecular weight excluding hydrogens is 311 g/mol. The van der Waals surface area contributed by atoms with Gasteiger partial charge in [0, 0.05) is 6.20 Å². The Labute approximate surface area is 123 Å². The van der Waals surface area contributed by atoms with Crippen LogP contribution >= 0.6 is 34.8 Å². The van der Waals surface area contributed by atoms with Crippen LogP contribution in [0.5, 0.6) is 5.75 Å². The number of benzene rings is 1. The van der Waals surface area contributed by atoms with Crippen molar-refractivity contribution < 1.29 is 9.90 Å². The number of rotatable bonds is 2. The van der Waals surface area contributed by atoms with E-state index in [1.807, 2.05) is 0 Å². The number of amides is 1. The van der Waals surface area contributed by atoms with E-state index in [2.05, 4.69) is 10.3 Å². The van der Waals surface area contributed by atoms with E-state index in [0.717, 1.165) is 0 Å². The Morgan fingerprint density at radius 3 is 2.42 bits per heavy atom. The van der Waals surface area contributed by atoms with Crippen molar-refractivity contribution in [1.82, 2.24) is 4.98 Å². The minimum absolute atomic E-state index is 0.104. The normalized spacial score (nSPS) is 10.3. The summed E-state index contributed by atoms with van der Waals surface area (Å²) in [5, 5.41) is 12.6. The second kappa shape index (κ2) is 5.65. The number of aromatic hydroxyl groups is 1. The molecule has 2 N–H and O–H groups in total. The summed E-state index contributed by atoms with van der Waals surface area (Å²) in [6, 6.07) is 4.16. The minimum Gasteiger partial charge on any atom is -0.506 e. The summed E-state index contributed by atoms with van der Waals surface area (Å²) in [7, 11) is 0. The lowest BCUT2D eigenvalue weighted by molar-refractivity contribution is 0.102. The molecule has 0 aliphatic rings. The van der Waals surface area contributed by atoms with Crippen molar-refractivity contribution in [2.75, 3.05) is 5.32 Å². The summed E-state index contributed by atoms with van der Waals surface area (Å²) in [4.78, 5) is 15.6. The number of carbonyl (C=O) groups is 1. The highest BCUT2D eigenvalue weighted by molar-refractivity contribution is 6.44. The van der Waals surface area contributed by atoms with Crippen molar-refractivity contribution in [3.05, 3.63) is 51.2 Å². The number of carbonyl (C=O) groups excluding carboxylic acids is 1. The van der Waals surface area contributed by atoms with E-state index in [0.29, 0.717) is 10.7 Å². The molecule has 19 heavy (non-hydrogen) atoms. The fraction of sp³-hybridized carbons (Fsp3) is 0. The monoisotopic (exact) mass is 316 g/mol. The number of nitrogens with zero attached hydrogens (tertiary/aromatic N) is 1. The Morgan fingerprint density at radius 1 is 1.05 bits per heavy atom. The van der Waals surface area contributed by atoms with Gasteiger partial charge in [0.15, 0.2) is 0 Å². The largest absolute Gasteiger partial charge is 0.506 e. The van der Waals surface area contributed by atoms with Crippen LogP contribution in [0.4, 0.5) is 5.69 Å². The summed E-state index contributed by atoms with van der Waals surface area (Å²) in [5.74, 6) is -0.573. The van der Waals surface area contributed by atoms with Crippen molar-refractivity contribution in [3.63, 3.8) is 0 Å². The van der Waals surface area contributed by atoms with Gasteiger partial charge in [0.05, 0.1) is 32.5 Å². The smallest absolute Gasteiger partial charge is 0.257 e. The summed E-state index contributed by atoms with van der Waals surface area (Å²) in [6.45, 7) is 0. The van der Waals surface area contributed by atoms with Crippen LogP contribution in [0.15, 0.2) is 30.6 Å². The Kier molecular flexibility index (Phi) is 4.14. The van der Waals surface area contributed by atoms with Gasteiger partial charge in [-0.2, -0.15) is 0 Å². The molecule has 1 aromatic carbocycles. The summed E-state index contributed by atoms with van der Waals surface area (Å²) < 4.78 is 0. The maximum atomic E-state index is 11.9. The third-order valence-electron chi connectivity index (χ3n) is 2.24.